The zero-order chi connectivity index (χ0) is 42.1. The molecule has 0 spiro atoms. The van der Waals surface area contributed by atoms with Gasteiger partial charge < -0.3 is 26.6 Å². The van der Waals surface area contributed by atoms with Crippen LogP contribution in [-0.2, 0) is 43.2 Å². The van der Waals surface area contributed by atoms with Gasteiger partial charge in [-0.1, -0.05) is 37.5 Å². The molecule has 2 saturated heterocycles. The van der Waals surface area contributed by atoms with Crippen molar-refractivity contribution in [1.82, 2.24) is 31.1 Å². The summed E-state index contributed by atoms with van der Waals surface area (Å²) in [6, 6.07) is 7.56. The van der Waals surface area contributed by atoms with E-state index < -0.39 is 17.3 Å². The highest BCUT2D eigenvalue weighted by molar-refractivity contribution is 8.00. The van der Waals surface area contributed by atoms with Crippen molar-refractivity contribution >= 4 is 70.6 Å². The van der Waals surface area contributed by atoms with E-state index in [-0.39, 0.29) is 85.0 Å². The Bertz CT molecular complexity index is 1720. The van der Waals surface area contributed by atoms with E-state index in [9.17, 15) is 43.2 Å². The first-order valence-corrected chi connectivity index (χ1v) is 22.0. The predicted octanol–water partition coefficient (Wildman–Crippen LogP) is 2.33. The van der Waals surface area contributed by atoms with Gasteiger partial charge in [-0.2, -0.15) is 0 Å². The molecule has 59 heavy (non-hydrogen) atoms. The summed E-state index contributed by atoms with van der Waals surface area (Å²) in [7, 11) is 0. The van der Waals surface area contributed by atoms with Gasteiger partial charge in [0, 0.05) is 69.2 Å². The summed E-state index contributed by atoms with van der Waals surface area (Å²) in [5, 5.41) is 13.7. The number of rotatable bonds is 23. The number of benzene rings is 1. The second-order valence-corrected chi connectivity index (χ2v) is 17.0. The van der Waals surface area contributed by atoms with E-state index in [1.807, 2.05) is 6.07 Å². The zero-order valence-corrected chi connectivity index (χ0v) is 34.4. The first-order valence-electron chi connectivity index (χ1n) is 21.0. The van der Waals surface area contributed by atoms with Gasteiger partial charge in [0.1, 0.15) is 12.1 Å². The highest BCUT2D eigenvalue weighted by Crippen LogP contribution is 2.29. The number of hydrogen-bond donors (Lipinski definition) is 5. The van der Waals surface area contributed by atoms with Crippen molar-refractivity contribution in [2.24, 2.45) is 11.8 Å². The third kappa shape index (κ3) is 14.0. The maximum Gasteiger partial charge on any atom is 0.253 e. The molecule has 4 aliphatic rings. The molecule has 0 bridgehead atoms. The third-order valence-corrected chi connectivity index (χ3v) is 12.6. The van der Waals surface area contributed by atoms with Crippen LogP contribution < -0.4 is 26.6 Å². The number of carbonyl (C=O) groups is 9. The maximum atomic E-state index is 13.1. The van der Waals surface area contributed by atoms with Gasteiger partial charge in [-0.05, 0) is 81.6 Å². The maximum absolute atomic E-state index is 13.1. The van der Waals surface area contributed by atoms with E-state index in [2.05, 4.69) is 26.6 Å². The van der Waals surface area contributed by atoms with E-state index in [1.165, 1.54) is 28.8 Å². The van der Waals surface area contributed by atoms with Gasteiger partial charge in [0.25, 0.3) is 11.8 Å². The molecular formula is C42H57N7O9S. The van der Waals surface area contributed by atoms with Crippen molar-refractivity contribution < 1.29 is 43.2 Å². The zero-order valence-electron chi connectivity index (χ0n) is 33.5. The molecule has 5 N–H and O–H groups in total. The third-order valence-electron chi connectivity index (χ3n) is 11.3. The van der Waals surface area contributed by atoms with Crippen LogP contribution in [0.2, 0.25) is 0 Å². The molecule has 1 unspecified atom stereocenters. The standard InChI is InChI=1S/C42H57N7O9S/c50-34(44-27-28-14-16-29(17-15-28)39(55)43-22-24-48-36(52)20-21-37(48)53)13-7-2-8-23-49-38(54)26-33(42(49)58)59-25-9-3-6-12-31(40(56)45-30-10-4-1-5-11-30)47-41(57)32-18-19-35(51)46-32/h1,4-5,10-11,20-21,28-29,31-33H,2-3,6-9,12-19,22-27H2,(H,43,55)(H,44,50)(H,45,56)(H,46,51)(H,47,57)/t28?,29?,31-,32+,33?/m0/s1. The lowest BCUT2D eigenvalue weighted by atomic mass is 9.81. The van der Waals surface area contributed by atoms with E-state index in [4.69, 9.17) is 0 Å². The molecule has 320 valence electrons. The Labute approximate surface area is 349 Å². The fourth-order valence-electron chi connectivity index (χ4n) is 7.77. The molecule has 17 heteroatoms. The number of nitrogens with one attached hydrogen (secondary N) is 5. The van der Waals surface area contributed by atoms with E-state index in [1.54, 1.807) is 24.3 Å². The quantitative estimate of drug-likeness (QED) is 0.0801. The lowest BCUT2D eigenvalue weighted by Crippen LogP contribution is -2.50. The lowest BCUT2D eigenvalue weighted by Gasteiger charge is -2.28. The molecule has 3 heterocycles. The molecular weight excluding hydrogens is 779 g/mol. The number of imide groups is 2. The highest BCUT2D eigenvalue weighted by Gasteiger charge is 2.38. The molecule has 1 aromatic rings. The number of thioether (sulfide) groups is 1. The minimum Gasteiger partial charge on any atom is -0.356 e. The van der Waals surface area contributed by atoms with Crippen LogP contribution in [0.5, 0.6) is 0 Å². The summed E-state index contributed by atoms with van der Waals surface area (Å²) < 4.78 is 0. The molecule has 5 rings (SSSR count). The molecule has 1 aliphatic carbocycles. The van der Waals surface area contributed by atoms with Gasteiger partial charge in [-0.15, -0.1) is 11.8 Å². The molecule has 1 aromatic carbocycles. The lowest BCUT2D eigenvalue weighted by molar-refractivity contribution is -0.139. The SMILES string of the molecule is O=C(CCCCCN1C(=O)CC(SCCCCC[C@H](NC(=O)[C@H]2CCC(=O)N2)C(=O)Nc2ccccc2)C1=O)NCC1CCC(C(=O)NCCN2C(=O)C=CC2=O)CC1. The Balaban J connectivity index is 0.889. The van der Waals surface area contributed by atoms with Crippen LogP contribution in [0, 0.1) is 11.8 Å². The minimum atomic E-state index is -0.774. The van der Waals surface area contributed by atoms with Gasteiger partial charge in [0.2, 0.25) is 41.4 Å². The van der Waals surface area contributed by atoms with Crippen LogP contribution in [0.15, 0.2) is 42.5 Å². The fraction of sp³-hybridized carbons (Fsp3) is 0.595. The molecule has 16 nitrogen and oxygen atoms in total. The van der Waals surface area contributed by atoms with Crippen molar-refractivity contribution in [3.63, 3.8) is 0 Å². The Hall–Kier alpha value is -5.06. The van der Waals surface area contributed by atoms with Crippen LogP contribution in [0.1, 0.15) is 96.3 Å². The molecule has 9 amide bonds. The van der Waals surface area contributed by atoms with Crippen molar-refractivity contribution in [2.45, 2.75) is 114 Å². The second-order valence-electron chi connectivity index (χ2n) is 15.7. The number of para-hydroxylation sites is 1. The van der Waals surface area contributed by atoms with Crippen LogP contribution in [0.25, 0.3) is 0 Å². The predicted molar refractivity (Wildman–Crippen MR) is 220 cm³/mol. The van der Waals surface area contributed by atoms with Gasteiger partial charge in [0.15, 0.2) is 0 Å². The minimum absolute atomic E-state index is 0.0371. The van der Waals surface area contributed by atoms with Gasteiger partial charge >= 0.3 is 0 Å². The van der Waals surface area contributed by atoms with Gasteiger partial charge in [-0.25, -0.2) is 0 Å². The second kappa shape index (κ2) is 22.9. The Kier molecular flexibility index (Phi) is 17.5. The topological polar surface area (TPSA) is 220 Å². The van der Waals surface area contributed by atoms with E-state index in [0.29, 0.717) is 88.2 Å². The summed E-state index contributed by atoms with van der Waals surface area (Å²) in [6.45, 7) is 1.26. The number of likely N-dealkylation sites (tertiary alicyclic amines) is 1. The smallest absolute Gasteiger partial charge is 0.253 e. The highest BCUT2D eigenvalue weighted by atomic mass is 32.2. The fourth-order valence-corrected chi connectivity index (χ4v) is 8.95. The number of carbonyl (C=O) groups excluding carboxylic acids is 9. The number of anilines is 1. The van der Waals surface area contributed by atoms with Crippen LogP contribution in [0.3, 0.4) is 0 Å². The van der Waals surface area contributed by atoms with Gasteiger partial charge in [-0.3, -0.25) is 53.0 Å². The van der Waals surface area contributed by atoms with Crippen molar-refractivity contribution in [3.8, 4) is 0 Å². The molecule has 1 saturated carbocycles. The number of unbranched alkanes of at least 4 members (excludes halogenated alkanes) is 4. The summed E-state index contributed by atoms with van der Waals surface area (Å²) >= 11 is 1.47. The van der Waals surface area contributed by atoms with Gasteiger partial charge in [0.05, 0.1) is 5.25 Å². The number of amides is 9. The molecule has 3 atom stereocenters. The van der Waals surface area contributed by atoms with E-state index >= 15 is 0 Å². The Morgan fingerprint density at radius 3 is 2.22 bits per heavy atom. The first kappa shape index (κ1) is 45.0. The monoisotopic (exact) mass is 835 g/mol. The van der Waals surface area contributed by atoms with Crippen molar-refractivity contribution in [3.05, 3.63) is 42.5 Å². The summed E-state index contributed by atoms with van der Waals surface area (Å²) in [5.41, 5.74) is 0.619. The summed E-state index contributed by atoms with van der Waals surface area (Å²) in [5.74, 6) is -1.23. The molecule has 0 radical (unpaired) electrons. The Morgan fingerprint density at radius 1 is 0.780 bits per heavy atom. The number of hydrogen-bond acceptors (Lipinski definition) is 10. The largest absolute Gasteiger partial charge is 0.356 e. The number of nitrogens with zero attached hydrogens (tertiary/aromatic N) is 2. The normalized spacial score (nSPS) is 22.1. The van der Waals surface area contributed by atoms with E-state index in [0.717, 1.165) is 30.6 Å². The van der Waals surface area contributed by atoms with Crippen LogP contribution in [-0.4, -0.2) is 112 Å². The Morgan fingerprint density at radius 2 is 1.51 bits per heavy atom. The van der Waals surface area contributed by atoms with Crippen LogP contribution in [0.4, 0.5) is 5.69 Å². The van der Waals surface area contributed by atoms with Crippen LogP contribution >= 0.6 is 11.8 Å². The van der Waals surface area contributed by atoms with Crippen molar-refractivity contribution in [2.75, 3.05) is 37.2 Å². The molecule has 3 fully saturated rings. The average molecular weight is 836 g/mol. The molecule has 3 aliphatic heterocycles. The average Bonchev–Trinajstić information content (AvgIpc) is 3.89. The summed E-state index contributed by atoms with van der Waals surface area (Å²) in [4.78, 5) is 114. The first-order chi connectivity index (χ1) is 28.5. The van der Waals surface area contributed by atoms with Crippen molar-refractivity contribution in [1.29, 1.82) is 0 Å². The molecule has 0 aromatic heterocycles. The summed E-state index contributed by atoms with van der Waals surface area (Å²) in [6.07, 6.45) is 11.3.